The van der Waals surface area contributed by atoms with E-state index in [2.05, 4.69) is 10.6 Å². The number of carbonyl (C=O) groups excluding carboxylic acids is 3. The number of hydrogen-bond acceptors (Lipinski definition) is 5. The number of rotatable bonds is 9. The highest BCUT2D eigenvalue weighted by atomic mass is 16.5. The minimum absolute atomic E-state index is 0.142. The predicted octanol–water partition coefficient (Wildman–Crippen LogP) is 0.559. The van der Waals surface area contributed by atoms with Crippen LogP contribution in [0, 0.1) is 6.92 Å². The van der Waals surface area contributed by atoms with Gasteiger partial charge in [0, 0.05) is 13.5 Å². The van der Waals surface area contributed by atoms with E-state index < -0.39 is 18.5 Å². The Hall–Kier alpha value is -2.57. The standard InChI is InChI=1S/C16H22N2O5/c1-12-5-7-13(8-6-12)22-9-3-4-16(21)23-11-15(20)18-10-14(19)17-2/h5-8H,3-4,9-11H2,1-2H3,(H,17,19)(H,18,20). The molecule has 0 bridgehead atoms. The van der Waals surface area contributed by atoms with Gasteiger partial charge in [-0.3, -0.25) is 14.4 Å². The molecule has 0 saturated carbocycles. The number of carbonyl (C=O) groups is 3. The van der Waals surface area contributed by atoms with E-state index >= 15 is 0 Å². The monoisotopic (exact) mass is 322 g/mol. The zero-order valence-electron chi connectivity index (χ0n) is 13.4. The summed E-state index contributed by atoms with van der Waals surface area (Å²) in [7, 11) is 1.47. The Morgan fingerprint density at radius 1 is 1.09 bits per heavy atom. The Kier molecular flexibility index (Phi) is 8.20. The van der Waals surface area contributed by atoms with Crippen LogP contribution in [0.1, 0.15) is 18.4 Å². The molecule has 23 heavy (non-hydrogen) atoms. The summed E-state index contributed by atoms with van der Waals surface area (Å²) < 4.78 is 10.3. The van der Waals surface area contributed by atoms with Gasteiger partial charge in [0.25, 0.3) is 5.91 Å². The number of hydrogen-bond donors (Lipinski definition) is 2. The van der Waals surface area contributed by atoms with Gasteiger partial charge in [0.1, 0.15) is 5.75 Å². The van der Waals surface area contributed by atoms with E-state index in [4.69, 9.17) is 9.47 Å². The number of likely N-dealkylation sites (N-methyl/N-ethyl adjacent to an activating group) is 1. The maximum Gasteiger partial charge on any atom is 0.306 e. The van der Waals surface area contributed by atoms with Crippen LogP contribution in [-0.4, -0.2) is 44.6 Å². The van der Waals surface area contributed by atoms with Gasteiger partial charge < -0.3 is 20.1 Å². The Labute approximate surface area is 135 Å². The molecule has 2 N–H and O–H groups in total. The third-order valence-electron chi connectivity index (χ3n) is 2.90. The van der Waals surface area contributed by atoms with Crippen LogP contribution < -0.4 is 15.4 Å². The van der Waals surface area contributed by atoms with Crippen molar-refractivity contribution in [3.63, 3.8) is 0 Å². The molecule has 0 saturated heterocycles. The fourth-order valence-electron chi connectivity index (χ4n) is 1.58. The maximum absolute atomic E-state index is 11.5. The SMILES string of the molecule is CNC(=O)CNC(=O)COC(=O)CCCOc1ccc(C)cc1. The van der Waals surface area contributed by atoms with Crippen molar-refractivity contribution >= 4 is 17.8 Å². The fourth-order valence-corrected chi connectivity index (χ4v) is 1.58. The molecule has 0 radical (unpaired) electrons. The van der Waals surface area contributed by atoms with Gasteiger partial charge in [-0.2, -0.15) is 0 Å². The maximum atomic E-state index is 11.5. The second-order valence-corrected chi connectivity index (χ2v) is 4.88. The molecule has 0 aliphatic heterocycles. The molecule has 0 fully saturated rings. The van der Waals surface area contributed by atoms with E-state index in [1.807, 2.05) is 31.2 Å². The molecule has 126 valence electrons. The van der Waals surface area contributed by atoms with Gasteiger partial charge in [-0.1, -0.05) is 17.7 Å². The van der Waals surface area contributed by atoms with Crippen molar-refractivity contribution in [1.82, 2.24) is 10.6 Å². The highest BCUT2D eigenvalue weighted by molar-refractivity contribution is 5.86. The van der Waals surface area contributed by atoms with E-state index in [1.165, 1.54) is 7.05 Å². The molecule has 7 heteroatoms. The summed E-state index contributed by atoms with van der Waals surface area (Å²) in [5, 5.41) is 4.69. The molecule has 0 heterocycles. The van der Waals surface area contributed by atoms with Crippen LogP contribution in [-0.2, 0) is 19.1 Å². The summed E-state index contributed by atoms with van der Waals surface area (Å²) in [5.41, 5.74) is 1.15. The molecule has 0 atom stereocenters. The summed E-state index contributed by atoms with van der Waals surface area (Å²) in [5.74, 6) is -0.569. The summed E-state index contributed by atoms with van der Waals surface area (Å²) in [6.45, 7) is 1.84. The third-order valence-corrected chi connectivity index (χ3v) is 2.90. The lowest BCUT2D eigenvalue weighted by atomic mass is 10.2. The molecular formula is C16H22N2O5. The Balaban J connectivity index is 2.09. The van der Waals surface area contributed by atoms with Gasteiger partial charge in [-0.25, -0.2) is 0 Å². The van der Waals surface area contributed by atoms with Crippen LogP contribution in [0.3, 0.4) is 0 Å². The second-order valence-electron chi connectivity index (χ2n) is 4.88. The Morgan fingerprint density at radius 2 is 1.78 bits per heavy atom. The first-order valence-electron chi connectivity index (χ1n) is 7.33. The van der Waals surface area contributed by atoms with Crippen LogP contribution in [0.15, 0.2) is 24.3 Å². The molecular weight excluding hydrogens is 300 g/mol. The Morgan fingerprint density at radius 3 is 2.43 bits per heavy atom. The van der Waals surface area contributed by atoms with Crippen LogP contribution in [0.5, 0.6) is 5.75 Å². The van der Waals surface area contributed by atoms with Crippen molar-refractivity contribution in [1.29, 1.82) is 0 Å². The summed E-state index contributed by atoms with van der Waals surface area (Å²) in [6, 6.07) is 7.62. The molecule has 1 aromatic carbocycles. The van der Waals surface area contributed by atoms with Crippen molar-refractivity contribution in [2.75, 3.05) is 26.8 Å². The van der Waals surface area contributed by atoms with Crippen LogP contribution >= 0.6 is 0 Å². The number of nitrogens with one attached hydrogen (secondary N) is 2. The normalized spacial score (nSPS) is 9.83. The highest BCUT2D eigenvalue weighted by Gasteiger charge is 2.08. The second kappa shape index (κ2) is 10.2. The van der Waals surface area contributed by atoms with Crippen molar-refractivity contribution in [3.05, 3.63) is 29.8 Å². The number of benzene rings is 1. The fraction of sp³-hybridized carbons (Fsp3) is 0.438. The van der Waals surface area contributed by atoms with Gasteiger partial charge in [0.15, 0.2) is 6.61 Å². The first kappa shape index (κ1) is 18.5. The number of amides is 2. The lowest BCUT2D eigenvalue weighted by Crippen LogP contribution is -2.37. The zero-order chi connectivity index (χ0) is 17.1. The van der Waals surface area contributed by atoms with E-state index in [1.54, 1.807) is 0 Å². The topological polar surface area (TPSA) is 93.7 Å². The van der Waals surface area contributed by atoms with Gasteiger partial charge >= 0.3 is 5.97 Å². The third kappa shape index (κ3) is 8.45. The summed E-state index contributed by atoms with van der Waals surface area (Å²) in [4.78, 5) is 33.7. The molecule has 1 rings (SSSR count). The molecule has 0 spiro atoms. The van der Waals surface area contributed by atoms with E-state index in [0.717, 1.165) is 11.3 Å². The number of ether oxygens (including phenoxy) is 2. The first-order valence-corrected chi connectivity index (χ1v) is 7.33. The summed E-state index contributed by atoms with van der Waals surface area (Å²) >= 11 is 0. The van der Waals surface area contributed by atoms with Gasteiger partial charge in [-0.05, 0) is 25.5 Å². The molecule has 0 unspecified atom stereocenters. The Bertz CT molecular complexity index is 528. The highest BCUT2D eigenvalue weighted by Crippen LogP contribution is 2.11. The van der Waals surface area contributed by atoms with E-state index in [9.17, 15) is 14.4 Å². The average molecular weight is 322 g/mol. The van der Waals surface area contributed by atoms with Crippen LogP contribution in [0.25, 0.3) is 0 Å². The quantitative estimate of drug-likeness (QED) is 0.512. The van der Waals surface area contributed by atoms with Crippen molar-refractivity contribution < 1.29 is 23.9 Å². The van der Waals surface area contributed by atoms with Crippen LogP contribution in [0.4, 0.5) is 0 Å². The molecule has 0 aromatic heterocycles. The average Bonchev–Trinajstić information content (AvgIpc) is 2.56. The molecule has 2 amide bonds. The van der Waals surface area contributed by atoms with Gasteiger partial charge in [0.05, 0.1) is 13.2 Å². The van der Waals surface area contributed by atoms with E-state index in [0.29, 0.717) is 13.0 Å². The van der Waals surface area contributed by atoms with Crippen molar-refractivity contribution in [3.8, 4) is 5.75 Å². The van der Waals surface area contributed by atoms with E-state index in [-0.39, 0.29) is 18.9 Å². The molecule has 0 aliphatic rings. The lowest BCUT2D eigenvalue weighted by molar-refractivity contribution is -0.148. The molecule has 7 nitrogen and oxygen atoms in total. The first-order chi connectivity index (χ1) is 11.0. The van der Waals surface area contributed by atoms with Crippen molar-refractivity contribution in [2.24, 2.45) is 0 Å². The van der Waals surface area contributed by atoms with Crippen molar-refractivity contribution in [2.45, 2.75) is 19.8 Å². The molecule has 0 aliphatic carbocycles. The largest absolute Gasteiger partial charge is 0.494 e. The van der Waals surface area contributed by atoms with Crippen LogP contribution in [0.2, 0.25) is 0 Å². The molecule has 1 aromatic rings. The summed E-state index contributed by atoms with van der Waals surface area (Å²) in [6.07, 6.45) is 0.654. The van der Waals surface area contributed by atoms with Gasteiger partial charge in [-0.15, -0.1) is 0 Å². The number of esters is 1. The zero-order valence-corrected chi connectivity index (χ0v) is 13.4. The predicted molar refractivity (Wildman–Crippen MR) is 83.9 cm³/mol. The minimum atomic E-state index is -0.516. The lowest BCUT2D eigenvalue weighted by Gasteiger charge is -2.07. The number of aryl methyl sites for hydroxylation is 1. The minimum Gasteiger partial charge on any atom is -0.494 e. The smallest absolute Gasteiger partial charge is 0.306 e. The van der Waals surface area contributed by atoms with Gasteiger partial charge in [0.2, 0.25) is 5.91 Å².